The average molecular weight is 339 g/mol. The molecule has 0 spiro atoms. The summed E-state index contributed by atoms with van der Waals surface area (Å²) in [6, 6.07) is 3.41. The van der Waals surface area contributed by atoms with Crippen LogP contribution in [0.15, 0.2) is 24.3 Å². The molecular weight excluding hydrogens is 334 g/mol. The van der Waals surface area contributed by atoms with Crippen LogP contribution in [0.4, 0.5) is 17.6 Å². The van der Waals surface area contributed by atoms with E-state index in [9.17, 15) is 27.5 Å². The SMILES string of the molecule is O=C(/C=C(\[O-])c1cc(Cl)cc(Cl)c1)C(F)(F)C(F)F.[Na+]. The van der Waals surface area contributed by atoms with E-state index in [0.29, 0.717) is 0 Å². The van der Waals surface area contributed by atoms with Crippen molar-refractivity contribution in [3.05, 3.63) is 39.9 Å². The van der Waals surface area contributed by atoms with Gasteiger partial charge in [-0.15, -0.1) is 0 Å². The van der Waals surface area contributed by atoms with Crippen LogP contribution in [0.3, 0.4) is 0 Å². The predicted molar refractivity (Wildman–Crippen MR) is 60.4 cm³/mol. The van der Waals surface area contributed by atoms with Crippen molar-refractivity contribution >= 4 is 34.7 Å². The van der Waals surface area contributed by atoms with Gasteiger partial charge in [0.25, 0.3) is 0 Å². The van der Waals surface area contributed by atoms with Gasteiger partial charge in [0.05, 0.1) is 0 Å². The molecule has 0 unspecified atom stereocenters. The van der Waals surface area contributed by atoms with Gasteiger partial charge in [0.15, 0.2) is 0 Å². The zero-order valence-corrected chi connectivity index (χ0v) is 13.5. The molecule has 9 heteroatoms. The molecule has 20 heavy (non-hydrogen) atoms. The molecule has 0 fully saturated rings. The van der Waals surface area contributed by atoms with Crippen molar-refractivity contribution in [2.45, 2.75) is 12.3 Å². The van der Waals surface area contributed by atoms with Gasteiger partial charge in [0, 0.05) is 10.0 Å². The van der Waals surface area contributed by atoms with Crippen molar-refractivity contribution in [1.82, 2.24) is 0 Å². The summed E-state index contributed by atoms with van der Waals surface area (Å²) >= 11 is 11.1. The number of carbonyl (C=O) groups excluding carboxylic acids is 1. The largest absolute Gasteiger partial charge is 1.00 e. The zero-order chi connectivity index (χ0) is 14.8. The molecule has 0 saturated carbocycles. The average Bonchev–Trinajstić information content (AvgIpc) is 2.27. The van der Waals surface area contributed by atoms with Crippen molar-refractivity contribution in [2.24, 2.45) is 0 Å². The van der Waals surface area contributed by atoms with Gasteiger partial charge in [-0.3, -0.25) is 4.79 Å². The van der Waals surface area contributed by atoms with Crippen LogP contribution in [0, 0.1) is 0 Å². The summed E-state index contributed by atoms with van der Waals surface area (Å²) in [6.45, 7) is 0. The monoisotopic (exact) mass is 338 g/mol. The number of carbonyl (C=O) groups is 1. The molecule has 0 N–H and O–H groups in total. The van der Waals surface area contributed by atoms with Gasteiger partial charge in [0.1, 0.15) is 0 Å². The maximum atomic E-state index is 12.6. The smallest absolute Gasteiger partial charge is 0.872 e. The van der Waals surface area contributed by atoms with E-state index in [1.165, 1.54) is 6.07 Å². The third-order valence-corrected chi connectivity index (χ3v) is 2.45. The first-order valence-corrected chi connectivity index (χ1v) is 5.45. The molecule has 1 rings (SSSR count). The van der Waals surface area contributed by atoms with Gasteiger partial charge in [-0.1, -0.05) is 29.0 Å². The number of ketones is 1. The first kappa shape index (κ1) is 19.7. The van der Waals surface area contributed by atoms with Crippen LogP contribution in [0.25, 0.3) is 5.76 Å². The molecule has 0 aliphatic heterocycles. The molecule has 1 aromatic carbocycles. The number of halogens is 6. The normalized spacial score (nSPS) is 12.2. The molecule has 0 atom stereocenters. The van der Waals surface area contributed by atoms with E-state index in [0.717, 1.165) is 12.1 Å². The Morgan fingerprint density at radius 2 is 1.65 bits per heavy atom. The number of hydrogen-bond acceptors (Lipinski definition) is 2. The minimum absolute atomic E-state index is 0. The summed E-state index contributed by atoms with van der Waals surface area (Å²) in [5, 5.41) is 11.5. The van der Waals surface area contributed by atoms with E-state index in [-0.39, 0.29) is 51.2 Å². The summed E-state index contributed by atoms with van der Waals surface area (Å²) in [5.41, 5.74) is -0.254. The van der Waals surface area contributed by atoms with Gasteiger partial charge in [-0.2, -0.15) is 8.78 Å². The van der Waals surface area contributed by atoms with Gasteiger partial charge in [-0.25, -0.2) is 8.78 Å². The fraction of sp³-hybridized carbons (Fsp3) is 0.182. The van der Waals surface area contributed by atoms with Gasteiger partial charge < -0.3 is 5.11 Å². The van der Waals surface area contributed by atoms with Crippen LogP contribution in [0.2, 0.25) is 10.0 Å². The Morgan fingerprint density at radius 1 is 1.20 bits per heavy atom. The number of benzene rings is 1. The van der Waals surface area contributed by atoms with Crippen LogP contribution in [0.1, 0.15) is 5.56 Å². The third-order valence-electron chi connectivity index (χ3n) is 2.01. The van der Waals surface area contributed by atoms with Crippen LogP contribution in [-0.2, 0) is 4.79 Å². The molecule has 0 radical (unpaired) electrons. The minimum atomic E-state index is -4.90. The van der Waals surface area contributed by atoms with Crippen LogP contribution in [-0.4, -0.2) is 18.1 Å². The standard InChI is InChI=1S/C11H6Cl2F4O2.Na/c12-6-1-5(2-7(13)3-6)8(18)4-9(19)11(16,17)10(14)15;/h1-4,10,18H;/q;+1/p-1/b8-4-;. The van der Waals surface area contributed by atoms with E-state index in [4.69, 9.17) is 23.2 Å². The zero-order valence-electron chi connectivity index (χ0n) is 9.97. The van der Waals surface area contributed by atoms with Crippen LogP contribution >= 0.6 is 23.2 Å². The molecule has 1 aromatic rings. The predicted octanol–water partition coefficient (Wildman–Crippen LogP) is 0.168. The molecule has 0 aliphatic carbocycles. The van der Waals surface area contributed by atoms with E-state index in [1.807, 2.05) is 0 Å². The number of hydrogen-bond donors (Lipinski definition) is 0. The summed E-state index contributed by atoms with van der Waals surface area (Å²) in [5.74, 6) is -8.36. The maximum absolute atomic E-state index is 12.6. The van der Waals surface area contributed by atoms with Crippen molar-refractivity contribution < 1.29 is 57.0 Å². The van der Waals surface area contributed by atoms with Crippen molar-refractivity contribution in [3.8, 4) is 0 Å². The van der Waals surface area contributed by atoms with E-state index in [1.54, 1.807) is 0 Å². The Morgan fingerprint density at radius 3 is 2.05 bits per heavy atom. The molecule has 0 aromatic heterocycles. The fourth-order valence-electron chi connectivity index (χ4n) is 1.10. The fourth-order valence-corrected chi connectivity index (χ4v) is 1.63. The molecule has 0 aliphatic rings. The Kier molecular flexibility index (Phi) is 7.55. The Hall–Kier alpha value is -0.270. The molecular formula is C11H5Cl2F4NaO2. The first-order valence-electron chi connectivity index (χ1n) is 4.70. The molecule has 2 nitrogen and oxygen atoms in total. The number of alkyl halides is 4. The van der Waals surface area contributed by atoms with Gasteiger partial charge in [0.2, 0.25) is 5.78 Å². The molecule has 104 valence electrons. The second kappa shape index (κ2) is 7.66. The van der Waals surface area contributed by atoms with E-state index < -0.39 is 23.9 Å². The Bertz CT molecular complexity index is 515. The van der Waals surface area contributed by atoms with Gasteiger partial charge in [-0.05, 0) is 29.8 Å². The molecule has 0 bridgehead atoms. The first-order chi connectivity index (χ1) is 8.64. The quantitative estimate of drug-likeness (QED) is 0.340. The summed E-state index contributed by atoms with van der Waals surface area (Å²) < 4.78 is 49.1. The van der Waals surface area contributed by atoms with E-state index >= 15 is 0 Å². The maximum Gasteiger partial charge on any atom is 1.00 e. The van der Waals surface area contributed by atoms with Crippen LogP contribution in [0.5, 0.6) is 0 Å². The number of allylic oxidation sites excluding steroid dienone is 1. The number of rotatable bonds is 4. The Labute approximate surface area is 143 Å². The summed E-state index contributed by atoms with van der Waals surface area (Å²) in [4.78, 5) is 10.9. The summed E-state index contributed by atoms with van der Waals surface area (Å²) in [7, 11) is 0. The van der Waals surface area contributed by atoms with Gasteiger partial charge >= 0.3 is 41.9 Å². The topological polar surface area (TPSA) is 40.1 Å². The Balaban J connectivity index is 0.00000361. The third kappa shape index (κ3) is 4.93. The van der Waals surface area contributed by atoms with E-state index in [2.05, 4.69) is 0 Å². The second-order valence-corrected chi connectivity index (χ2v) is 4.33. The van der Waals surface area contributed by atoms with Crippen molar-refractivity contribution in [3.63, 3.8) is 0 Å². The summed E-state index contributed by atoms with van der Waals surface area (Å²) in [6.07, 6.45) is -4.29. The molecule has 0 heterocycles. The van der Waals surface area contributed by atoms with Crippen molar-refractivity contribution in [2.75, 3.05) is 0 Å². The molecule has 0 amide bonds. The van der Waals surface area contributed by atoms with Crippen LogP contribution < -0.4 is 34.7 Å². The minimum Gasteiger partial charge on any atom is -0.872 e. The second-order valence-electron chi connectivity index (χ2n) is 3.45. The molecule has 0 saturated heterocycles. The van der Waals surface area contributed by atoms with Crippen molar-refractivity contribution in [1.29, 1.82) is 0 Å².